The van der Waals surface area contributed by atoms with Crippen LogP contribution < -0.4 is 5.32 Å². The van der Waals surface area contributed by atoms with E-state index in [9.17, 15) is 4.79 Å². The van der Waals surface area contributed by atoms with E-state index in [0.717, 1.165) is 24.4 Å². The number of carbonyl (C=O) groups excluding carboxylic acids is 1. The molecule has 22 heavy (non-hydrogen) atoms. The lowest BCUT2D eigenvalue weighted by molar-refractivity contribution is -0.126. The van der Waals surface area contributed by atoms with Gasteiger partial charge in [0.1, 0.15) is 0 Å². The zero-order chi connectivity index (χ0) is 16.0. The SMILES string of the molecule is CCC1CCCC1(C)C(=O)Nc1nc2c(s1)CCCC2(C)C. The van der Waals surface area contributed by atoms with E-state index in [4.69, 9.17) is 4.98 Å². The lowest BCUT2D eigenvalue weighted by Crippen LogP contribution is -2.36. The third kappa shape index (κ3) is 2.60. The summed E-state index contributed by atoms with van der Waals surface area (Å²) in [6.45, 7) is 8.87. The van der Waals surface area contributed by atoms with Crippen molar-refractivity contribution in [3.05, 3.63) is 10.6 Å². The molecule has 0 spiro atoms. The number of amides is 1. The van der Waals surface area contributed by atoms with Crippen molar-refractivity contribution in [1.82, 2.24) is 4.98 Å². The molecule has 0 radical (unpaired) electrons. The Morgan fingerprint density at radius 3 is 2.77 bits per heavy atom. The Kier molecular flexibility index (Phi) is 4.09. The fraction of sp³-hybridized carbons (Fsp3) is 0.778. The van der Waals surface area contributed by atoms with Crippen molar-refractivity contribution < 1.29 is 4.79 Å². The number of thiazole rings is 1. The number of nitrogens with zero attached hydrogens (tertiary/aromatic N) is 1. The minimum Gasteiger partial charge on any atom is -0.301 e. The highest BCUT2D eigenvalue weighted by Crippen LogP contribution is 2.46. The van der Waals surface area contributed by atoms with Crippen molar-refractivity contribution in [1.29, 1.82) is 0 Å². The van der Waals surface area contributed by atoms with Gasteiger partial charge in [0.2, 0.25) is 5.91 Å². The van der Waals surface area contributed by atoms with Gasteiger partial charge in [-0.25, -0.2) is 4.98 Å². The minimum atomic E-state index is -0.212. The van der Waals surface area contributed by atoms with Crippen LogP contribution in [0.1, 0.15) is 76.8 Å². The third-order valence-electron chi connectivity index (χ3n) is 5.93. The van der Waals surface area contributed by atoms with Gasteiger partial charge in [0.15, 0.2) is 5.13 Å². The Morgan fingerprint density at radius 2 is 2.09 bits per heavy atom. The summed E-state index contributed by atoms with van der Waals surface area (Å²) < 4.78 is 0. The molecular formula is C18H28N2OS. The summed E-state index contributed by atoms with van der Waals surface area (Å²) in [5.41, 5.74) is 1.15. The first-order valence-electron chi connectivity index (χ1n) is 8.68. The monoisotopic (exact) mass is 320 g/mol. The summed E-state index contributed by atoms with van der Waals surface area (Å²) in [4.78, 5) is 19.0. The van der Waals surface area contributed by atoms with Crippen LogP contribution >= 0.6 is 11.3 Å². The predicted molar refractivity (Wildman–Crippen MR) is 92.4 cm³/mol. The molecule has 4 heteroatoms. The molecule has 1 aromatic rings. The Balaban J connectivity index is 1.79. The van der Waals surface area contributed by atoms with Gasteiger partial charge in [-0.2, -0.15) is 0 Å². The number of anilines is 1. The van der Waals surface area contributed by atoms with Crippen molar-refractivity contribution >= 4 is 22.4 Å². The van der Waals surface area contributed by atoms with Gasteiger partial charge in [-0.1, -0.05) is 40.5 Å². The summed E-state index contributed by atoms with van der Waals surface area (Å²) in [6.07, 6.45) is 7.98. The zero-order valence-corrected chi connectivity index (χ0v) is 15.1. The van der Waals surface area contributed by atoms with Crippen LogP contribution in [0.3, 0.4) is 0 Å². The van der Waals surface area contributed by atoms with Gasteiger partial charge in [-0.15, -0.1) is 11.3 Å². The second-order valence-corrected chi connectivity index (χ2v) is 8.98. The number of hydrogen-bond donors (Lipinski definition) is 1. The quantitative estimate of drug-likeness (QED) is 0.859. The van der Waals surface area contributed by atoms with Gasteiger partial charge < -0.3 is 5.32 Å². The highest BCUT2D eigenvalue weighted by Gasteiger charge is 2.44. The number of hydrogen-bond acceptors (Lipinski definition) is 3. The standard InChI is InChI=1S/C18H28N2OS/c1-5-12-8-6-11-18(12,4)15(21)20-16-19-14-13(22-16)9-7-10-17(14,2)3/h12H,5-11H2,1-4H3,(H,19,20,21). The molecule has 2 aliphatic carbocycles. The van der Waals surface area contributed by atoms with Crippen molar-refractivity contribution in [2.45, 2.75) is 78.1 Å². The van der Waals surface area contributed by atoms with Crippen LogP contribution in [0.4, 0.5) is 5.13 Å². The fourth-order valence-corrected chi connectivity index (χ4v) is 5.52. The van der Waals surface area contributed by atoms with Crippen LogP contribution in [0, 0.1) is 11.3 Å². The summed E-state index contributed by atoms with van der Waals surface area (Å²) >= 11 is 1.69. The van der Waals surface area contributed by atoms with E-state index in [2.05, 4.69) is 33.0 Å². The molecule has 1 saturated carbocycles. The lowest BCUT2D eigenvalue weighted by atomic mass is 9.77. The van der Waals surface area contributed by atoms with Gasteiger partial charge in [0.05, 0.1) is 5.69 Å². The second-order valence-electron chi connectivity index (χ2n) is 7.90. The predicted octanol–water partition coefficient (Wildman–Crippen LogP) is 4.91. The summed E-state index contributed by atoms with van der Waals surface area (Å²) in [6, 6.07) is 0. The van der Waals surface area contributed by atoms with Gasteiger partial charge in [-0.3, -0.25) is 4.79 Å². The number of aryl methyl sites for hydroxylation is 1. The second kappa shape index (κ2) is 5.63. The molecule has 1 heterocycles. The smallest absolute Gasteiger partial charge is 0.232 e. The highest BCUT2D eigenvalue weighted by atomic mass is 32.1. The summed E-state index contributed by atoms with van der Waals surface area (Å²) in [5.74, 6) is 0.694. The maximum Gasteiger partial charge on any atom is 0.232 e. The molecule has 0 aromatic carbocycles. The van der Waals surface area contributed by atoms with Crippen molar-refractivity contribution in [2.75, 3.05) is 5.32 Å². The first kappa shape index (κ1) is 16.0. The van der Waals surface area contributed by atoms with Gasteiger partial charge in [-0.05, 0) is 38.0 Å². The Hall–Kier alpha value is -0.900. The van der Waals surface area contributed by atoms with Crippen LogP contribution in [-0.2, 0) is 16.6 Å². The van der Waals surface area contributed by atoms with E-state index >= 15 is 0 Å². The van der Waals surface area contributed by atoms with Crippen LogP contribution in [-0.4, -0.2) is 10.9 Å². The molecule has 1 fully saturated rings. The average molecular weight is 321 g/mol. The molecule has 0 saturated heterocycles. The lowest BCUT2D eigenvalue weighted by Gasteiger charge is -2.29. The van der Waals surface area contributed by atoms with Crippen molar-refractivity contribution in [2.24, 2.45) is 11.3 Å². The molecular weight excluding hydrogens is 292 g/mol. The first-order chi connectivity index (χ1) is 10.4. The number of rotatable bonds is 3. The average Bonchev–Trinajstić information content (AvgIpc) is 3.03. The van der Waals surface area contributed by atoms with Crippen LogP contribution in [0.25, 0.3) is 0 Å². The molecule has 2 aliphatic rings. The molecule has 3 rings (SSSR count). The number of carbonyl (C=O) groups is 1. The number of aromatic nitrogens is 1. The normalized spacial score (nSPS) is 30.1. The largest absolute Gasteiger partial charge is 0.301 e. The maximum absolute atomic E-state index is 12.8. The van der Waals surface area contributed by atoms with E-state index < -0.39 is 0 Å². The fourth-order valence-electron chi connectivity index (χ4n) is 4.34. The van der Waals surface area contributed by atoms with E-state index in [0.29, 0.717) is 5.92 Å². The van der Waals surface area contributed by atoms with E-state index in [1.165, 1.54) is 36.3 Å². The number of nitrogens with one attached hydrogen (secondary N) is 1. The Bertz CT molecular complexity index is 578. The molecule has 1 aromatic heterocycles. The zero-order valence-electron chi connectivity index (χ0n) is 14.3. The summed E-state index contributed by atoms with van der Waals surface area (Å²) in [7, 11) is 0. The molecule has 1 N–H and O–H groups in total. The topological polar surface area (TPSA) is 42.0 Å². The van der Waals surface area contributed by atoms with Crippen molar-refractivity contribution in [3.8, 4) is 0 Å². The molecule has 0 bridgehead atoms. The Labute approximate surface area is 137 Å². The molecule has 122 valence electrons. The van der Waals surface area contributed by atoms with Crippen molar-refractivity contribution in [3.63, 3.8) is 0 Å². The molecule has 3 nitrogen and oxygen atoms in total. The van der Waals surface area contributed by atoms with Gasteiger partial charge >= 0.3 is 0 Å². The maximum atomic E-state index is 12.8. The highest BCUT2D eigenvalue weighted by molar-refractivity contribution is 7.15. The number of fused-ring (bicyclic) bond motifs is 1. The van der Waals surface area contributed by atoms with Crippen LogP contribution in [0.2, 0.25) is 0 Å². The Morgan fingerprint density at radius 1 is 1.32 bits per heavy atom. The van der Waals surface area contributed by atoms with Gasteiger partial charge in [0.25, 0.3) is 0 Å². The molecule has 1 amide bonds. The molecule has 2 unspecified atom stereocenters. The van der Waals surface area contributed by atoms with Crippen LogP contribution in [0.5, 0.6) is 0 Å². The summed E-state index contributed by atoms with van der Waals surface area (Å²) in [5, 5.41) is 3.97. The first-order valence-corrected chi connectivity index (χ1v) is 9.50. The van der Waals surface area contributed by atoms with E-state index in [1.807, 2.05) is 0 Å². The molecule has 2 atom stereocenters. The van der Waals surface area contributed by atoms with Crippen LogP contribution in [0.15, 0.2) is 0 Å². The van der Waals surface area contributed by atoms with E-state index in [1.54, 1.807) is 11.3 Å². The third-order valence-corrected chi connectivity index (χ3v) is 6.96. The molecule has 0 aliphatic heterocycles. The van der Waals surface area contributed by atoms with E-state index in [-0.39, 0.29) is 16.7 Å². The minimum absolute atomic E-state index is 0.149. The van der Waals surface area contributed by atoms with Gasteiger partial charge in [0, 0.05) is 15.7 Å².